The van der Waals surface area contributed by atoms with Crippen molar-refractivity contribution >= 4 is 22.9 Å². The molecule has 4 aromatic rings. The van der Waals surface area contributed by atoms with Gasteiger partial charge in [-0.3, -0.25) is 14.7 Å². The van der Waals surface area contributed by atoms with Crippen molar-refractivity contribution in [3.63, 3.8) is 0 Å². The third kappa shape index (κ3) is 4.05. The number of H-pyrrole nitrogens is 1. The van der Waals surface area contributed by atoms with Gasteiger partial charge in [-0.25, -0.2) is 4.98 Å². The Labute approximate surface area is 171 Å². The maximum absolute atomic E-state index is 12.9. The van der Waals surface area contributed by atoms with E-state index in [0.717, 1.165) is 16.8 Å². The quantitative estimate of drug-likeness (QED) is 0.526. The minimum Gasteiger partial charge on any atom is -0.326 e. The summed E-state index contributed by atoms with van der Waals surface area (Å²) in [5, 5.41) is 8.33. The second-order valence-electron chi connectivity index (χ2n) is 6.83. The molecule has 0 aliphatic carbocycles. The Morgan fingerprint density at radius 3 is 2.55 bits per heavy atom. The highest BCUT2D eigenvalue weighted by Gasteiger charge is 2.18. The lowest BCUT2D eigenvalue weighted by molar-refractivity contribution is -0.115. The molecule has 2 aromatic heterocycles. The third-order valence-corrected chi connectivity index (χ3v) is 5.44. The number of hydrogen-bond acceptors (Lipinski definition) is 4. The van der Waals surface area contributed by atoms with Crippen LogP contribution in [0.2, 0.25) is 0 Å². The fourth-order valence-electron chi connectivity index (χ4n) is 3.04. The lowest BCUT2D eigenvalue weighted by Crippen LogP contribution is -2.22. The predicted octanol–water partition coefficient (Wildman–Crippen LogP) is 4.09. The first-order valence-electron chi connectivity index (χ1n) is 9.19. The van der Waals surface area contributed by atoms with Crippen LogP contribution in [0.5, 0.6) is 0 Å². The zero-order valence-electron chi connectivity index (χ0n) is 16.1. The lowest BCUT2D eigenvalue weighted by Gasteiger charge is -2.04. The number of anilines is 1. The maximum atomic E-state index is 12.9. The molecule has 0 radical (unpaired) electrons. The molecule has 6 nitrogen and oxygen atoms in total. The van der Waals surface area contributed by atoms with Crippen molar-refractivity contribution in [3.05, 3.63) is 87.2 Å². The molecule has 0 spiro atoms. The van der Waals surface area contributed by atoms with Crippen molar-refractivity contribution in [1.82, 2.24) is 14.8 Å². The van der Waals surface area contributed by atoms with Gasteiger partial charge in [0, 0.05) is 27.9 Å². The van der Waals surface area contributed by atoms with Gasteiger partial charge >= 0.3 is 0 Å². The summed E-state index contributed by atoms with van der Waals surface area (Å²) in [5.74, 6) is -0.232. The summed E-state index contributed by atoms with van der Waals surface area (Å²) in [7, 11) is 0. The third-order valence-electron chi connectivity index (χ3n) is 4.62. The second kappa shape index (κ2) is 7.89. The molecule has 0 unspecified atom stereocenters. The van der Waals surface area contributed by atoms with E-state index in [1.54, 1.807) is 6.92 Å². The van der Waals surface area contributed by atoms with Crippen LogP contribution >= 0.6 is 11.3 Å². The van der Waals surface area contributed by atoms with Gasteiger partial charge in [0.1, 0.15) is 0 Å². The summed E-state index contributed by atoms with van der Waals surface area (Å²) in [5.41, 5.74) is 4.46. The minimum atomic E-state index is -0.254. The molecular formula is C22H20N4O2S. The van der Waals surface area contributed by atoms with Crippen LogP contribution in [0.3, 0.4) is 0 Å². The summed E-state index contributed by atoms with van der Waals surface area (Å²) >= 11 is 1.38. The number of nitrogens with zero attached hydrogens (tertiary/aromatic N) is 2. The zero-order chi connectivity index (χ0) is 20.4. The summed E-state index contributed by atoms with van der Waals surface area (Å²) in [6, 6.07) is 17.3. The Kier molecular flexibility index (Phi) is 5.14. The molecule has 2 heterocycles. The maximum Gasteiger partial charge on any atom is 0.277 e. The number of rotatable bonds is 5. The van der Waals surface area contributed by atoms with E-state index in [0.29, 0.717) is 22.1 Å². The SMILES string of the molecule is Cc1ccc(NC(=O)Cc2c(C)[nH]n(-c3nc(-c4ccccc4)cs3)c2=O)cc1. The molecule has 2 N–H and O–H groups in total. The second-order valence-corrected chi connectivity index (χ2v) is 7.66. The van der Waals surface area contributed by atoms with Crippen molar-refractivity contribution in [2.75, 3.05) is 5.32 Å². The van der Waals surface area contributed by atoms with E-state index in [1.165, 1.54) is 16.0 Å². The van der Waals surface area contributed by atoms with Gasteiger partial charge in [-0.05, 0) is 26.0 Å². The molecule has 0 aliphatic heterocycles. The van der Waals surface area contributed by atoms with Gasteiger partial charge in [-0.15, -0.1) is 11.3 Å². The lowest BCUT2D eigenvalue weighted by atomic mass is 10.1. The standard InChI is InChI=1S/C22H20N4O2S/c1-14-8-10-17(11-9-14)23-20(27)12-18-15(2)25-26(21(18)28)22-24-19(13-29-22)16-6-4-3-5-7-16/h3-11,13,25H,12H2,1-2H3,(H,23,27). The molecule has 0 aliphatic rings. The minimum absolute atomic E-state index is 0.00103. The number of carbonyl (C=O) groups is 1. The van der Waals surface area contributed by atoms with E-state index in [2.05, 4.69) is 15.4 Å². The number of amides is 1. The van der Waals surface area contributed by atoms with E-state index in [1.807, 2.05) is 66.9 Å². The first-order chi connectivity index (χ1) is 14.0. The number of thiazole rings is 1. The van der Waals surface area contributed by atoms with Crippen LogP contribution < -0.4 is 10.9 Å². The van der Waals surface area contributed by atoms with Crippen LogP contribution in [-0.4, -0.2) is 20.7 Å². The smallest absolute Gasteiger partial charge is 0.277 e. The van der Waals surface area contributed by atoms with Crippen LogP contribution in [0.4, 0.5) is 5.69 Å². The van der Waals surface area contributed by atoms with Crippen LogP contribution in [0, 0.1) is 13.8 Å². The van der Waals surface area contributed by atoms with Crippen LogP contribution in [0.25, 0.3) is 16.4 Å². The van der Waals surface area contributed by atoms with E-state index in [-0.39, 0.29) is 17.9 Å². The number of aryl methyl sites for hydroxylation is 2. The number of aromatic amines is 1. The van der Waals surface area contributed by atoms with E-state index in [9.17, 15) is 9.59 Å². The van der Waals surface area contributed by atoms with Crippen LogP contribution in [0.1, 0.15) is 16.8 Å². The summed E-state index contributed by atoms with van der Waals surface area (Å²) in [4.78, 5) is 29.9. The predicted molar refractivity (Wildman–Crippen MR) is 116 cm³/mol. The number of benzene rings is 2. The highest BCUT2D eigenvalue weighted by molar-refractivity contribution is 7.12. The van der Waals surface area contributed by atoms with Gasteiger partial charge in [0.15, 0.2) is 0 Å². The Hall–Kier alpha value is -3.45. The topological polar surface area (TPSA) is 79.8 Å². The highest BCUT2D eigenvalue weighted by Crippen LogP contribution is 2.23. The summed E-state index contributed by atoms with van der Waals surface area (Å²) < 4.78 is 1.40. The van der Waals surface area contributed by atoms with Gasteiger partial charge in [0.05, 0.1) is 12.1 Å². The molecule has 7 heteroatoms. The van der Waals surface area contributed by atoms with Crippen molar-refractivity contribution in [2.45, 2.75) is 20.3 Å². The fourth-order valence-corrected chi connectivity index (χ4v) is 3.83. The first kappa shape index (κ1) is 18.9. The molecule has 4 rings (SSSR count). The molecule has 2 aromatic carbocycles. The van der Waals surface area contributed by atoms with Crippen molar-refractivity contribution in [2.24, 2.45) is 0 Å². The zero-order valence-corrected chi connectivity index (χ0v) is 16.9. The molecule has 0 atom stereocenters. The normalized spacial score (nSPS) is 10.8. The molecule has 0 fully saturated rings. The van der Waals surface area contributed by atoms with Crippen molar-refractivity contribution in [1.29, 1.82) is 0 Å². The van der Waals surface area contributed by atoms with E-state index >= 15 is 0 Å². The monoisotopic (exact) mass is 404 g/mol. The molecule has 1 amide bonds. The van der Waals surface area contributed by atoms with Gasteiger partial charge < -0.3 is 5.32 Å². The van der Waals surface area contributed by atoms with Crippen LogP contribution in [-0.2, 0) is 11.2 Å². The summed E-state index contributed by atoms with van der Waals surface area (Å²) in [6.45, 7) is 3.77. The van der Waals surface area contributed by atoms with Gasteiger partial charge in [0.2, 0.25) is 11.0 Å². The number of hydrogen-bond donors (Lipinski definition) is 2. The average Bonchev–Trinajstić information content (AvgIpc) is 3.31. The van der Waals surface area contributed by atoms with E-state index in [4.69, 9.17) is 0 Å². The Morgan fingerprint density at radius 2 is 1.83 bits per heavy atom. The summed E-state index contributed by atoms with van der Waals surface area (Å²) in [6.07, 6.45) is -0.00103. The number of carbonyl (C=O) groups excluding carboxylic acids is 1. The molecule has 29 heavy (non-hydrogen) atoms. The molecule has 0 saturated heterocycles. The molecule has 0 bridgehead atoms. The largest absolute Gasteiger partial charge is 0.326 e. The highest BCUT2D eigenvalue weighted by atomic mass is 32.1. The van der Waals surface area contributed by atoms with Crippen LogP contribution in [0.15, 0.2) is 64.8 Å². The van der Waals surface area contributed by atoms with Gasteiger partial charge in [0.25, 0.3) is 5.56 Å². The van der Waals surface area contributed by atoms with Crippen molar-refractivity contribution in [3.8, 4) is 16.4 Å². The molecule has 146 valence electrons. The first-order valence-corrected chi connectivity index (χ1v) is 10.1. The van der Waals surface area contributed by atoms with Gasteiger partial charge in [-0.1, -0.05) is 48.0 Å². The Balaban J connectivity index is 1.55. The fraction of sp³-hybridized carbons (Fsp3) is 0.136. The van der Waals surface area contributed by atoms with Gasteiger partial charge in [-0.2, -0.15) is 4.68 Å². The molecular weight excluding hydrogens is 384 g/mol. The average molecular weight is 404 g/mol. The van der Waals surface area contributed by atoms with E-state index < -0.39 is 0 Å². The number of aromatic nitrogens is 3. The number of nitrogens with one attached hydrogen (secondary N) is 2. The Morgan fingerprint density at radius 1 is 1.10 bits per heavy atom. The van der Waals surface area contributed by atoms with Crippen molar-refractivity contribution < 1.29 is 4.79 Å². The molecule has 0 saturated carbocycles. The Bertz CT molecular complexity index is 1200.